The highest BCUT2D eigenvalue weighted by atomic mass is 16.5. The van der Waals surface area contributed by atoms with Gasteiger partial charge < -0.3 is 9.42 Å². The lowest BCUT2D eigenvalue weighted by atomic mass is 10.2. The average molecular weight is 194 g/mol. The van der Waals surface area contributed by atoms with Crippen LogP contribution in [-0.4, -0.2) is 23.0 Å². The molecule has 0 unspecified atom stereocenters. The molecule has 1 rings (SSSR count). The number of hydrogen-bond donors (Lipinski definition) is 0. The molecule has 0 fully saturated rings. The molecule has 0 saturated heterocycles. The zero-order valence-corrected chi connectivity index (χ0v) is 8.70. The van der Waals surface area contributed by atoms with Gasteiger partial charge in [-0.05, 0) is 19.9 Å². The van der Waals surface area contributed by atoms with Gasteiger partial charge in [-0.1, -0.05) is 11.7 Å². The molecule has 4 nitrogen and oxygen atoms in total. The molecule has 0 radical (unpaired) electrons. The number of carbonyl (C=O) groups is 1. The third-order valence-electron chi connectivity index (χ3n) is 2.13. The second-order valence-corrected chi connectivity index (χ2v) is 3.20. The van der Waals surface area contributed by atoms with E-state index >= 15 is 0 Å². The predicted octanol–water partition coefficient (Wildman–Crippen LogP) is 1.44. The van der Waals surface area contributed by atoms with Gasteiger partial charge in [-0.15, -0.1) is 0 Å². The maximum absolute atomic E-state index is 11.2. The molecule has 1 aromatic rings. The van der Waals surface area contributed by atoms with Gasteiger partial charge in [0.05, 0.1) is 12.2 Å². The zero-order chi connectivity index (χ0) is 10.7. The van der Waals surface area contributed by atoms with Crippen LogP contribution in [0.3, 0.4) is 0 Å². The summed E-state index contributed by atoms with van der Waals surface area (Å²) in [6.07, 6.45) is 1.29. The highest BCUT2D eigenvalue weighted by Crippen LogP contribution is 2.14. The maximum Gasteiger partial charge on any atom is 0.245 e. The van der Waals surface area contributed by atoms with E-state index in [1.165, 1.54) is 6.08 Å². The second kappa shape index (κ2) is 4.09. The third kappa shape index (κ3) is 2.02. The lowest BCUT2D eigenvalue weighted by Crippen LogP contribution is -2.24. The number of aryl methyl sites for hydroxylation is 2. The van der Waals surface area contributed by atoms with Gasteiger partial charge in [0.25, 0.3) is 0 Å². The van der Waals surface area contributed by atoms with Crippen LogP contribution in [0.2, 0.25) is 0 Å². The van der Waals surface area contributed by atoms with E-state index < -0.39 is 0 Å². The van der Waals surface area contributed by atoms with Gasteiger partial charge >= 0.3 is 0 Å². The Bertz CT molecular complexity index is 336. The van der Waals surface area contributed by atoms with E-state index in [0.717, 1.165) is 17.0 Å². The minimum Gasteiger partial charge on any atom is -0.361 e. The molecule has 1 amide bonds. The molecule has 0 atom stereocenters. The fourth-order valence-electron chi connectivity index (χ4n) is 1.20. The largest absolute Gasteiger partial charge is 0.361 e. The van der Waals surface area contributed by atoms with Crippen molar-refractivity contribution in [3.63, 3.8) is 0 Å². The van der Waals surface area contributed by atoms with Crippen molar-refractivity contribution in [2.75, 3.05) is 7.05 Å². The second-order valence-electron chi connectivity index (χ2n) is 3.20. The Hall–Kier alpha value is -1.58. The van der Waals surface area contributed by atoms with E-state index in [1.807, 2.05) is 13.8 Å². The van der Waals surface area contributed by atoms with E-state index in [4.69, 9.17) is 4.52 Å². The summed E-state index contributed by atoms with van der Waals surface area (Å²) >= 11 is 0. The molecule has 0 saturated carbocycles. The van der Waals surface area contributed by atoms with Gasteiger partial charge in [0.15, 0.2) is 0 Å². The number of rotatable bonds is 3. The standard InChI is InChI=1S/C10H14N2O2/c1-5-10(13)12(4)6-9-7(2)11-14-8(9)3/h5H,1,6H2,2-4H3. The van der Waals surface area contributed by atoms with Crippen LogP contribution in [-0.2, 0) is 11.3 Å². The molecule has 0 aliphatic heterocycles. The molecular weight excluding hydrogens is 180 g/mol. The summed E-state index contributed by atoms with van der Waals surface area (Å²) in [6, 6.07) is 0. The lowest BCUT2D eigenvalue weighted by molar-refractivity contribution is -0.125. The number of aromatic nitrogens is 1. The zero-order valence-electron chi connectivity index (χ0n) is 8.70. The van der Waals surface area contributed by atoms with E-state index in [2.05, 4.69) is 11.7 Å². The molecule has 0 spiro atoms. The normalized spacial score (nSPS) is 9.93. The highest BCUT2D eigenvalue weighted by molar-refractivity contribution is 5.86. The summed E-state index contributed by atoms with van der Waals surface area (Å²) in [5.41, 5.74) is 1.79. The van der Waals surface area contributed by atoms with Crippen LogP contribution in [0.1, 0.15) is 17.0 Å². The van der Waals surface area contributed by atoms with E-state index in [0.29, 0.717) is 6.54 Å². The first-order valence-electron chi connectivity index (χ1n) is 4.35. The van der Waals surface area contributed by atoms with Crippen molar-refractivity contribution in [2.45, 2.75) is 20.4 Å². The molecule has 0 bridgehead atoms. The average Bonchev–Trinajstić information content (AvgIpc) is 2.48. The monoisotopic (exact) mass is 194 g/mol. The van der Waals surface area contributed by atoms with Crippen molar-refractivity contribution >= 4 is 5.91 Å². The first-order chi connectivity index (χ1) is 6.56. The summed E-state index contributed by atoms with van der Waals surface area (Å²) in [5.74, 6) is 0.649. The minimum absolute atomic E-state index is 0.106. The summed E-state index contributed by atoms with van der Waals surface area (Å²) in [5, 5.41) is 3.82. The van der Waals surface area contributed by atoms with Gasteiger partial charge in [0.2, 0.25) is 5.91 Å². The first-order valence-corrected chi connectivity index (χ1v) is 4.35. The van der Waals surface area contributed by atoms with E-state index in [-0.39, 0.29) is 5.91 Å². The Morgan fingerprint density at radius 2 is 2.29 bits per heavy atom. The SMILES string of the molecule is C=CC(=O)N(C)Cc1c(C)noc1C. The lowest BCUT2D eigenvalue weighted by Gasteiger charge is -2.14. The molecule has 0 aromatic carbocycles. The molecule has 1 heterocycles. The van der Waals surface area contributed by atoms with Gasteiger partial charge in [-0.25, -0.2) is 0 Å². The Balaban J connectivity index is 2.78. The number of hydrogen-bond acceptors (Lipinski definition) is 3. The fourth-order valence-corrected chi connectivity index (χ4v) is 1.20. The molecule has 14 heavy (non-hydrogen) atoms. The van der Waals surface area contributed by atoms with E-state index in [9.17, 15) is 4.79 Å². The Kier molecular flexibility index (Phi) is 3.06. The quantitative estimate of drug-likeness (QED) is 0.684. The number of nitrogens with zero attached hydrogens (tertiary/aromatic N) is 2. The number of carbonyl (C=O) groups excluding carboxylic acids is 1. The van der Waals surface area contributed by atoms with Gasteiger partial charge in [-0.2, -0.15) is 0 Å². The number of likely N-dealkylation sites (N-methyl/N-ethyl adjacent to an activating group) is 1. The predicted molar refractivity (Wildman–Crippen MR) is 52.6 cm³/mol. The van der Waals surface area contributed by atoms with Gasteiger partial charge in [0.1, 0.15) is 5.76 Å². The van der Waals surface area contributed by atoms with Crippen molar-refractivity contribution in [3.8, 4) is 0 Å². The van der Waals surface area contributed by atoms with Crippen LogP contribution >= 0.6 is 0 Å². The van der Waals surface area contributed by atoms with Crippen molar-refractivity contribution < 1.29 is 9.32 Å². The van der Waals surface area contributed by atoms with Crippen LogP contribution in [0.4, 0.5) is 0 Å². The van der Waals surface area contributed by atoms with Crippen LogP contribution in [0.5, 0.6) is 0 Å². The van der Waals surface area contributed by atoms with Crippen molar-refractivity contribution in [3.05, 3.63) is 29.7 Å². The summed E-state index contributed by atoms with van der Waals surface area (Å²) in [4.78, 5) is 12.8. The smallest absolute Gasteiger partial charge is 0.245 e. The maximum atomic E-state index is 11.2. The Morgan fingerprint density at radius 1 is 1.64 bits per heavy atom. The molecular formula is C10H14N2O2. The van der Waals surface area contributed by atoms with Crippen molar-refractivity contribution in [1.82, 2.24) is 10.1 Å². The molecule has 0 N–H and O–H groups in total. The molecule has 1 aromatic heterocycles. The molecule has 4 heteroatoms. The fraction of sp³-hybridized carbons (Fsp3) is 0.400. The van der Waals surface area contributed by atoms with Gasteiger partial charge in [-0.3, -0.25) is 4.79 Å². The minimum atomic E-state index is -0.106. The Labute approximate surface area is 83.2 Å². The van der Waals surface area contributed by atoms with Crippen molar-refractivity contribution in [1.29, 1.82) is 0 Å². The first kappa shape index (κ1) is 10.5. The highest BCUT2D eigenvalue weighted by Gasteiger charge is 2.13. The van der Waals surface area contributed by atoms with Crippen LogP contribution in [0.25, 0.3) is 0 Å². The van der Waals surface area contributed by atoms with E-state index in [1.54, 1.807) is 11.9 Å². The van der Waals surface area contributed by atoms with Gasteiger partial charge in [0, 0.05) is 12.6 Å². The topological polar surface area (TPSA) is 46.3 Å². The third-order valence-corrected chi connectivity index (χ3v) is 2.13. The number of amides is 1. The summed E-state index contributed by atoms with van der Waals surface area (Å²) in [7, 11) is 1.72. The van der Waals surface area contributed by atoms with Crippen LogP contribution in [0.15, 0.2) is 17.2 Å². The Morgan fingerprint density at radius 3 is 2.71 bits per heavy atom. The van der Waals surface area contributed by atoms with Crippen LogP contribution in [0, 0.1) is 13.8 Å². The molecule has 76 valence electrons. The van der Waals surface area contributed by atoms with Crippen LogP contribution < -0.4 is 0 Å². The summed E-state index contributed by atoms with van der Waals surface area (Å²) in [6.45, 7) is 7.63. The molecule has 0 aliphatic carbocycles. The van der Waals surface area contributed by atoms with Crippen molar-refractivity contribution in [2.24, 2.45) is 0 Å². The molecule has 0 aliphatic rings. The summed E-state index contributed by atoms with van der Waals surface area (Å²) < 4.78 is 5.00.